The minimum Gasteiger partial charge on any atom is -0.480 e. The molecule has 112 valence electrons. The first-order valence-corrected chi connectivity index (χ1v) is 8.02. The van der Waals surface area contributed by atoms with E-state index in [1.54, 1.807) is 6.92 Å². The molecule has 0 amide bonds. The Balaban J connectivity index is 2.31. The molecule has 1 aliphatic rings. The Hall–Kier alpha value is -1.41. The van der Waals surface area contributed by atoms with Gasteiger partial charge < -0.3 is 10.1 Å². The lowest BCUT2D eigenvalue weighted by Crippen LogP contribution is -2.56. The number of nitrogens with one attached hydrogen (secondary N) is 2. The molecule has 1 fully saturated rings. The normalized spacial score (nSPS) is 27.4. The number of aromatic nitrogens is 2. The zero-order chi connectivity index (χ0) is 15.0. The van der Waals surface area contributed by atoms with Crippen LogP contribution in [0.2, 0.25) is 0 Å². The fourth-order valence-corrected chi connectivity index (χ4v) is 4.10. The van der Waals surface area contributed by atoms with Gasteiger partial charge in [-0.05, 0) is 25.7 Å². The fraction of sp³-hybridized carbons (Fsp3) is 0.667. The van der Waals surface area contributed by atoms with E-state index < -0.39 is 21.5 Å². The average Bonchev–Trinajstić information content (AvgIpc) is 2.76. The van der Waals surface area contributed by atoms with Crippen LogP contribution >= 0.6 is 0 Å². The maximum absolute atomic E-state index is 12.3. The van der Waals surface area contributed by atoms with Crippen molar-refractivity contribution in [1.29, 1.82) is 0 Å². The van der Waals surface area contributed by atoms with Crippen LogP contribution in [0.3, 0.4) is 0 Å². The molecule has 0 aliphatic heterocycles. The zero-order valence-corrected chi connectivity index (χ0v) is 12.3. The summed E-state index contributed by atoms with van der Waals surface area (Å²) in [6, 6.07) is 0. The van der Waals surface area contributed by atoms with Crippen LogP contribution in [0.15, 0.2) is 11.2 Å². The van der Waals surface area contributed by atoms with Crippen molar-refractivity contribution in [3.8, 4) is 0 Å². The molecule has 1 heterocycles. The second-order valence-electron chi connectivity index (χ2n) is 5.53. The molecule has 1 aromatic heterocycles. The number of nitrogens with zero attached hydrogens (tertiary/aromatic N) is 1. The molecule has 0 spiro atoms. The van der Waals surface area contributed by atoms with Gasteiger partial charge in [0.1, 0.15) is 11.4 Å². The molecule has 0 bridgehead atoms. The van der Waals surface area contributed by atoms with Crippen molar-refractivity contribution in [2.75, 3.05) is 0 Å². The minimum atomic E-state index is -3.91. The molecule has 7 nitrogen and oxygen atoms in total. The van der Waals surface area contributed by atoms with Gasteiger partial charge in [-0.2, -0.15) is 4.72 Å². The third-order valence-electron chi connectivity index (χ3n) is 3.71. The van der Waals surface area contributed by atoms with Crippen molar-refractivity contribution in [3.63, 3.8) is 0 Å². The molecular formula is C12H19N3O4S. The van der Waals surface area contributed by atoms with E-state index in [1.807, 2.05) is 6.92 Å². The Bertz CT molecular complexity index is 610. The quantitative estimate of drug-likeness (QED) is 0.769. The first-order valence-electron chi connectivity index (χ1n) is 6.54. The summed E-state index contributed by atoms with van der Waals surface area (Å²) in [6.07, 6.45) is 3.41. The van der Waals surface area contributed by atoms with Gasteiger partial charge in [-0.3, -0.25) is 4.79 Å². The lowest BCUT2D eigenvalue weighted by Gasteiger charge is -2.36. The first kappa shape index (κ1) is 15.0. The predicted octanol–water partition coefficient (Wildman–Crippen LogP) is 1.03. The average molecular weight is 301 g/mol. The molecule has 2 unspecified atom stereocenters. The van der Waals surface area contributed by atoms with Gasteiger partial charge >= 0.3 is 5.97 Å². The van der Waals surface area contributed by atoms with Gasteiger partial charge in [0.15, 0.2) is 5.03 Å². The topological polar surface area (TPSA) is 112 Å². The van der Waals surface area contributed by atoms with Crippen molar-refractivity contribution in [2.24, 2.45) is 5.92 Å². The summed E-state index contributed by atoms with van der Waals surface area (Å²) < 4.78 is 26.9. The van der Waals surface area contributed by atoms with Crippen molar-refractivity contribution in [2.45, 2.75) is 50.1 Å². The number of carboxylic acid groups (broad SMARTS) is 1. The van der Waals surface area contributed by atoms with E-state index in [4.69, 9.17) is 0 Å². The van der Waals surface area contributed by atoms with Crippen LogP contribution in [0.5, 0.6) is 0 Å². The van der Waals surface area contributed by atoms with Gasteiger partial charge in [0, 0.05) is 0 Å². The number of sulfonamides is 1. The van der Waals surface area contributed by atoms with Gasteiger partial charge in [0.25, 0.3) is 10.0 Å². The van der Waals surface area contributed by atoms with Crippen LogP contribution in [0.25, 0.3) is 0 Å². The van der Waals surface area contributed by atoms with Gasteiger partial charge in [-0.25, -0.2) is 13.4 Å². The van der Waals surface area contributed by atoms with E-state index in [9.17, 15) is 18.3 Å². The summed E-state index contributed by atoms with van der Waals surface area (Å²) in [6.45, 7) is 3.57. The number of carbonyl (C=O) groups is 1. The molecule has 0 radical (unpaired) electrons. The SMILES string of the molecule is Cc1ncc(S(=O)(=O)NC2(C(=O)O)CCCC(C)C2)[nH]1. The lowest BCUT2D eigenvalue weighted by atomic mass is 9.77. The fourth-order valence-electron chi connectivity index (χ4n) is 2.73. The molecule has 2 rings (SSSR count). The molecule has 0 aromatic carbocycles. The summed E-state index contributed by atoms with van der Waals surface area (Å²) in [5.74, 6) is -0.485. The Morgan fingerprint density at radius 3 is 2.80 bits per heavy atom. The molecule has 1 aromatic rings. The Morgan fingerprint density at radius 2 is 2.30 bits per heavy atom. The van der Waals surface area contributed by atoms with Crippen LogP contribution in [0, 0.1) is 12.8 Å². The second kappa shape index (κ2) is 5.17. The van der Waals surface area contributed by atoms with Gasteiger partial charge in [-0.1, -0.05) is 19.8 Å². The standard InChI is InChI=1S/C12H19N3O4S/c1-8-4-3-5-12(6-8,11(16)17)15-20(18,19)10-7-13-9(2)14-10/h7-8,15H,3-6H2,1-2H3,(H,13,14)(H,16,17). The number of aliphatic carboxylic acids is 1. The molecule has 1 aliphatic carbocycles. The van der Waals surface area contributed by atoms with E-state index in [-0.39, 0.29) is 10.9 Å². The van der Waals surface area contributed by atoms with Crippen LogP contribution in [-0.4, -0.2) is 35.0 Å². The molecule has 8 heteroatoms. The van der Waals surface area contributed by atoms with Crippen LogP contribution in [-0.2, 0) is 14.8 Å². The monoisotopic (exact) mass is 301 g/mol. The van der Waals surface area contributed by atoms with Gasteiger partial charge in [0.2, 0.25) is 0 Å². The maximum atomic E-state index is 12.3. The summed E-state index contributed by atoms with van der Waals surface area (Å²) in [5, 5.41) is 9.37. The van der Waals surface area contributed by atoms with Crippen LogP contribution in [0.4, 0.5) is 0 Å². The molecule has 0 saturated heterocycles. The predicted molar refractivity (Wildman–Crippen MR) is 71.6 cm³/mol. The smallest absolute Gasteiger partial charge is 0.324 e. The van der Waals surface area contributed by atoms with E-state index in [2.05, 4.69) is 14.7 Å². The molecular weight excluding hydrogens is 282 g/mol. The summed E-state index contributed by atoms with van der Waals surface area (Å²) >= 11 is 0. The van der Waals surface area contributed by atoms with Gasteiger partial charge in [-0.15, -0.1) is 0 Å². The number of aromatic amines is 1. The van der Waals surface area contributed by atoms with Crippen molar-refractivity contribution in [3.05, 3.63) is 12.0 Å². The van der Waals surface area contributed by atoms with E-state index in [1.165, 1.54) is 6.20 Å². The Kier molecular flexibility index (Phi) is 3.88. The summed E-state index contributed by atoms with van der Waals surface area (Å²) in [7, 11) is -3.91. The van der Waals surface area contributed by atoms with E-state index >= 15 is 0 Å². The van der Waals surface area contributed by atoms with E-state index in [0.717, 1.165) is 6.42 Å². The molecule has 20 heavy (non-hydrogen) atoms. The van der Waals surface area contributed by atoms with Crippen LogP contribution < -0.4 is 4.72 Å². The minimum absolute atomic E-state index is 0.103. The van der Waals surface area contributed by atoms with E-state index in [0.29, 0.717) is 25.1 Å². The number of carboxylic acids is 1. The number of imidazole rings is 1. The number of hydrogen-bond acceptors (Lipinski definition) is 4. The van der Waals surface area contributed by atoms with Crippen LogP contribution in [0.1, 0.15) is 38.4 Å². The Labute approximate surface area is 117 Å². The maximum Gasteiger partial charge on any atom is 0.324 e. The zero-order valence-electron chi connectivity index (χ0n) is 11.5. The lowest BCUT2D eigenvalue weighted by molar-refractivity contribution is -0.146. The van der Waals surface area contributed by atoms with Crippen molar-refractivity contribution < 1.29 is 18.3 Å². The highest BCUT2D eigenvalue weighted by atomic mass is 32.2. The first-order chi connectivity index (χ1) is 9.25. The third kappa shape index (κ3) is 2.85. The number of rotatable bonds is 4. The Morgan fingerprint density at radius 1 is 1.60 bits per heavy atom. The second-order valence-corrected chi connectivity index (χ2v) is 7.18. The number of H-pyrrole nitrogens is 1. The summed E-state index contributed by atoms with van der Waals surface area (Å²) in [4.78, 5) is 18.0. The molecule has 2 atom stereocenters. The highest BCUT2D eigenvalue weighted by Crippen LogP contribution is 2.33. The van der Waals surface area contributed by atoms with Crippen molar-refractivity contribution in [1.82, 2.24) is 14.7 Å². The molecule has 1 saturated carbocycles. The van der Waals surface area contributed by atoms with Crippen molar-refractivity contribution >= 4 is 16.0 Å². The summed E-state index contributed by atoms with van der Waals surface area (Å²) in [5.41, 5.74) is -1.42. The van der Waals surface area contributed by atoms with Gasteiger partial charge in [0.05, 0.1) is 6.20 Å². The highest BCUT2D eigenvalue weighted by molar-refractivity contribution is 7.89. The third-order valence-corrected chi connectivity index (χ3v) is 5.15. The number of hydrogen-bond donors (Lipinski definition) is 3. The molecule has 3 N–H and O–H groups in total. The largest absolute Gasteiger partial charge is 0.480 e. The highest BCUT2D eigenvalue weighted by Gasteiger charge is 2.45. The number of aryl methyl sites for hydroxylation is 1.